The van der Waals surface area contributed by atoms with Gasteiger partial charge in [-0.25, -0.2) is 0 Å². The van der Waals surface area contributed by atoms with E-state index in [2.05, 4.69) is 11.4 Å². The molecule has 5 heteroatoms. The highest BCUT2D eigenvalue weighted by molar-refractivity contribution is 5.96. The average Bonchev–Trinajstić information content (AvgIpc) is 3.43. The van der Waals surface area contributed by atoms with Crippen molar-refractivity contribution < 1.29 is 14.3 Å². The summed E-state index contributed by atoms with van der Waals surface area (Å²) < 4.78 is 11.1. The molecule has 2 aromatic rings. The zero-order chi connectivity index (χ0) is 16.5. The van der Waals surface area contributed by atoms with Gasteiger partial charge in [0.05, 0.1) is 11.3 Å². The number of ether oxygens (including phenoxy) is 2. The maximum Gasteiger partial charge on any atom is 0.228 e. The SMILES string of the molecule is N#Cc1ccccc1NC(=O)[C@H]1C[C@@H]1c1ccc2c(c1)OCCO2. The molecule has 0 saturated heterocycles. The lowest BCUT2D eigenvalue weighted by atomic mass is 10.1. The van der Waals surface area contributed by atoms with Gasteiger partial charge in [0.1, 0.15) is 19.3 Å². The van der Waals surface area contributed by atoms with Crippen molar-refractivity contribution >= 4 is 11.6 Å². The van der Waals surface area contributed by atoms with Crippen LogP contribution in [-0.4, -0.2) is 19.1 Å². The highest BCUT2D eigenvalue weighted by atomic mass is 16.6. The number of nitriles is 1. The van der Waals surface area contributed by atoms with Crippen LogP contribution in [0.3, 0.4) is 0 Å². The van der Waals surface area contributed by atoms with E-state index in [1.54, 1.807) is 18.2 Å². The van der Waals surface area contributed by atoms with Crippen molar-refractivity contribution in [1.29, 1.82) is 5.26 Å². The number of amides is 1. The van der Waals surface area contributed by atoms with Crippen LogP contribution in [-0.2, 0) is 4.79 Å². The minimum atomic E-state index is -0.0701. The Labute approximate surface area is 139 Å². The molecule has 0 unspecified atom stereocenters. The van der Waals surface area contributed by atoms with Crippen LogP contribution in [0.15, 0.2) is 42.5 Å². The highest BCUT2D eigenvalue weighted by Gasteiger charge is 2.44. The molecule has 1 aliphatic carbocycles. The van der Waals surface area contributed by atoms with Gasteiger partial charge in [0.2, 0.25) is 5.91 Å². The summed E-state index contributed by atoms with van der Waals surface area (Å²) in [5.41, 5.74) is 2.13. The number of fused-ring (bicyclic) bond motifs is 1. The first kappa shape index (κ1) is 14.6. The molecule has 0 aromatic heterocycles. The van der Waals surface area contributed by atoms with E-state index in [0.29, 0.717) is 24.5 Å². The predicted octanol–water partition coefficient (Wildman–Crippen LogP) is 3.07. The highest BCUT2D eigenvalue weighted by Crippen LogP contribution is 2.49. The molecule has 1 saturated carbocycles. The Bertz CT molecular complexity index is 841. The number of rotatable bonds is 3. The number of benzene rings is 2. The van der Waals surface area contributed by atoms with Gasteiger partial charge in [-0.1, -0.05) is 18.2 Å². The summed E-state index contributed by atoms with van der Waals surface area (Å²) >= 11 is 0. The Morgan fingerprint density at radius 3 is 2.75 bits per heavy atom. The van der Waals surface area contributed by atoms with Crippen molar-refractivity contribution in [3.8, 4) is 17.6 Å². The lowest BCUT2D eigenvalue weighted by Gasteiger charge is -2.18. The zero-order valence-corrected chi connectivity index (χ0v) is 13.0. The van der Waals surface area contributed by atoms with Gasteiger partial charge in [-0.05, 0) is 42.2 Å². The summed E-state index contributed by atoms with van der Waals surface area (Å²) in [6.07, 6.45) is 0.806. The van der Waals surface area contributed by atoms with E-state index in [-0.39, 0.29) is 17.7 Å². The first-order valence-electron chi connectivity index (χ1n) is 7.96. The predicted molar refractivity (Wildman–Crippen MR) is 88.1 cm³/mol. The van der Waals surface area contributed by atoms with E-state index in [0.717, 1.165) is 23.5 Å². The number of nitrogens with one attached hydrogen (secondary N) is 1. The van der Waals surface area contributed by atoms with E-state index in [1.807, 2.05) is 24.3 Å². The molecule has 120 valence electrons. The van der Waals surface area contributed by atoms with Crippen LogP contribution in [0.1, 0.15) is 23.5 Å². The fourth-order valence-electron chi connectivity index (χ4n) is 3.06. The largest absolute Gasteiger partial charge is 0.486 e. The van der Waals surface area contributed by atoms with Crippen LogP contribution in [0.5, 0.6) is 11.5 Å². The van der Waals surface area contributed by atoms with Gasteiger partial charge in [-0.2, -0.15) is 5.26 Å². The van der Waals surface area contributed by atoms with Crippen molar-refractivity contribution in [3.63, 3.8) is 0 Å². The van der Waals surface area contributed by atoms with Crippen LogP contribution >= 0.6 is 0 Å². The van der Waals surface area contributed by atoms with Crippen molar-refractivity contribution in [3.05, 3.63) is 53.6 Å². The first-order chi connectivity index (χ1) is 11.8. The molecule has 1 heterocycles. The summed E-state index contributed by atoms with van der Waals surface area (Å²) in [7, 11) is 0. The topological polar surface area (TPSA) is 71.4 Å². The summed E-state index contributed by atoms with van der Waals surface area (Å²) in [5.74, 6) is 1.58. The normalized spacial score (nSPS) is 20.8. The molecule has 0 radical (unpaired) electrons. The molecule has 5 nitrogen and oxygen atoms in total. The van der Waals surface area contributed by atoms with Crippen molar-refractivity contribution in [1.82, 2.24) is 0 Å². The fourth-order valence-corrected chi connectivity index (χ4v) is 3.06. The maximum absolute atomic E-state index is 12.4. The monoisotopic (exact) mass is 320 g/mol. The van der Waals surface area contributed by atoms with Crippen LogP contribution in [0.2, 0.25) is 0 Å². The van der Waals surface area contributed by atoms with Gasteiger partial charge in [-0.15, -0.1) is 0 Å². The second kappa shape index (κ2) is 5.89. The van der Waals surface area contributed by atoms with Crippen molar-refractivity contribution in [2.45, 2.75) is 12.3 Å². The quantitative estimate of drug-likeness (QED) is 0.943. The smallest absolute Gasteiger partial charge is 0.228 e. The number of nitrogens with zero attached hydrogens (tertiary/aromatic N) is 1. The number of hydrogen-bond donors (Lipinski definition) is 1. The molecule has 1 fully saturated rings. The number of carbonyl (C=O) groups excluding carboxylic acids is 1. The second-order valence-electron chi connectivity index (χ2n) is 6.00. The minimum Gasteiger partial charge on any atom is -0.486 e. The van der Waals surface area contributed by atoms with Gasteiger partial charge < -0.3 is 14.8 Å². The summed E-state index contributed by atoms with van der Waals surface area (Å²) in [5, 5.41) is 12.0. The molecular weight excluding hydrogens is 304 g/mol. The number of carbonyl (C=O) groups is 1. The van der Waals surface area contributed by atoms with Gasteiger partial charge in [-0.3, -0.25) is 4.79 Å². The zero-order valence-electron chi connectivity index (χ0n) is 13.0. The van der Waals surface area contributed by atoms with Crippen LogP contribution < -0.4 is 14.8 Å². The molecule has 1 amide bonds. The Morgan fingerprint density at radius 2 is 1.92 bits per heavy atom. The number of anilines is 1. The fraction of sp³-hybridized carbons (Fsp3) is 0.263. The van der Waals surface area contributed by atoms with Crippen molar-refractivity contribution in [2.24, 2.45) is 5.92 Å². The molecule has 1 aliphatic heterocycles. The molecule has 0 bridgehead atoms. The molecular formula is C19H16N2O3. The average molecular weight is 320 g/mol. The molecule has 2 aliphatic rings. The third-order valence-corrected chi connectivity index (χ3v) is 4.43. The molecule has 24 heavy (non-hydrogen) atoms. The number of hydrogen-bond acceptors (Lipinski definition) is 4. The molecule has 0 spiro atoms. The van der Waals surface area contributed by atoms with E-state index in [4.69, 9.17) is 14.7 Å². The molecule has 4 rings (SSSR count). The van der Waals surface area contributed by atoms with E-state index in [1.165, 1.54) is 0 Å². The van der Waals surface area contributed by atoms with Crippen LogP contribution in [0, 0.1) is 17.2 Å². The third-order valence-electron chi connectivity index (χ3n) is 4.43. The van der Waals surface area contributed by atoms with Crippen LogP contribution in [0.4, 0.5) is 5.69 Å². The van der Waals surface area contributed by atoms with Crippen LogP contribution in [0.25, 0.3) is 0 Å². The standard InChI is InChI=1S/C19H16N2O3/c20-11-13-3-1-2-4-16(13)21-19(22)15-10-14(15)12-5-6-17-18(9-12)24-8-7-23-17/h1-6,9,14-15H,7-8,10H2,(H,21,22)/t14-,15+/m1/s1. The Balaban J connectivity index is 1.46. The summed E-state index contributed by atoms with van der Waals surface area (Å²) in [4.78, 5) is 12.4. The Hall–Kier alpha value is -3.00. The van der Waals surface area contributed by atoms with Gasteiger partial charge in [0.15, 0.2) is 11.5 Å². The minimum absolute atomic E-state index is 0.0439. The summed E-state index contributed by atoms with van der Waals surface area (Å²) in [6.45, 7) is 1.12. The second-order valence-corrected chi connectivity index (χ2v) is 6.00. The summed E-state index contributed by atoms with van der Waals surface area (Å²) in [6, 6.07) is 15.0. The maximum atomic E-state index is 12.4. The lowest BCUT2D eigenvalue weighted by molar-refractivity contribution is -0.117. The molecule has 2 aromatic carbocycles. The number of para-hydroxylation sites is 1. The Morgan fingerprint density at radius 1 is 1.12 bits per heavy atom. The van der Waals surface area contributed by atoms with E-state index >= 15 is 0 Å². The van der Waals surface area contributed by atoms with Crippen molar-refractivity contribution in [2.75, 3.05) is 18.5 Å². The van der Waals surface area contributed by atoms with E-state index in [9.17, 15) is 4.79 Å². The molecule has 2 atom stereocenters. The lowest BCUT2D eigenvalue weighted by Crippen LogP contribution is -2.16. The van der Waals surface area contributed by atoms with E-state index < -0.39 is 0 Å². The Kier molecular flexibility index (Phi) is 3.58. The van der Waals surface area contributed by atoms with Gasteiger partial charge in [0.25, 0.3) is 0 Å². The van der Waals surface area contributed by atoms with Gasteiger partial charge >= 0.3 is 0 Å². The molecule has 1 N–H and O–H groups in total. The van der Waals surface area contributed by atoms with Gasteiger partial charge in [0, 0.05) is 5.92 Å². The first-order valence-corrected chi connectivity index (χ1v) is 7.96. The third kappa shape index (κ3) is 2.67.